The predicted molar refractivity (Wildman–Crippen MR) is 46.6 cm³/mol. The van der Waals surface area contributed by atoms with Crippen LogP contribution < -0.4 is 5.43 Å². The molecule has 6 heteroatoms. The Morgan fingerprint density at radius 1 is 1.42 bits per heavy atom. The van der Waals surface area contributed by atoms with E-state index in [4.69, 9.17) is 0 Å². The van der Waals surface area contributed by atoms with Crippen molar-refractivity contribution in [1.82, 2.24) is 5.43 Å². The first kappa shape index (κ1) is 11.1. The largest absolute Gasteiger partial charge is 0.274 e. The van der Waals surface area contributed by atoms with Gasteiger partial charge in [0.05, 0.1) is 11.5 Å². The SMILES string of the molecule is CC(=O)N/N=C(\C)CS(C)(=O)=O. The lowest BCUT2D eigenvalue weighted by Gasteiger charge is -1.97. The van der Waals surface area contributed by atoms with Crippen LogP contribution in [0.2, 0.25) is 0 Å². The summed E-state index contributed by atoms with van der Waals surface area (Å²) in [6.07, 6.45) is 1.11. The van der Waals surface area contributed by atoms with Gasteiger partial charge in [0.1, 0.15) is 0 Å². The minimum absolute atomic E-state index is 0.132. The standard InChI is InChI=1S/C6H12N2O3S/c1-5(4-12(3,10)11)7-8-6(2)9/h4H2,1-3H3,(H,8,9)/b7-5+. The lowest BCUT2D eigenvalue weighted by atomic mass is 10.5. The lowest BCUT2D eigenvalue weighted by molar-refractivity contribution is -0.118. The monoisotopic (exact) mass is 192 g/mol. The van der Waals surface area contributed by atoms with Crippen LogP contribution in [0.4, 0.5) is 0 Å². The van der Waals surface area contributed by atoms with E-state index in [1.165, 1.54) is 13.8 Å². The summed E-state index contributed by atoms with van der Waals surface area (Å²) >= 11 is 0. The summed E-state index contributed by atoms with van der Waals surface area (Å²) in [6, 6.07) is 0. The third-order valence-electron chi connectivity index (χ3n) is 0.875. The number of nitrogens with zero attached hydrogens (tertiary/aromatic N) is 1. The van der Waals surface area contributed by atoms with Gasteiger partial charge < -0.3 is 0 Å². The second-order valence-electron chi connectivity index (χ2n) is 2.59. The second-order valence-corrected chi connectivity index (χ2v) is 4.73. The van der Waals surface area contributed by atoms with Gasteiger partial charge in [-0.15, -0.1) is 0 Å². The zero-order chi connectivity index (χ0) is 9.78. The smallest absolute Gasteiger partial charge is 0.236 e. The van der Waals surface area contributed by atoms with Gasteiger partial charge in [-0.25, -0.2) is 13.8 Å². The molecule has 0 spiro atoms. The van der Waals surface area contributed by atoms with Crippen LogP contribution in [0.3, 0.4) is 0 Å². The maximum absolute atomic E-state index is 10.7. The molecule has 0 rings (SSSR count). The number of hydrogen-bond donors (Lipinski definition) is 1. The minimum Gasteiger partial charge on any atom is -0.274 e. The first-order valence-electron chi connectivity index (χ1n) is 3.29. The molecule has 0 aliphatic heterocycles. The van der Waals surface area contributed by atoms with E-state index in [-0.39, 0.29) is 11.7 Å². The maximum atomic E-state index is 10.7. The van der Waals surface area contributed by atoms with Crippen molar-refractivity contribution in [2.75, 3.05) is 12.0 Å². The third kappa shape index (κ3) is 7.20. The van der Waals surface area contributed by atoms with E-state index in [1.807, 2.05) is 0 Å². The van der Waals surface area contributed by atoms with Crippen molar-refractivity contribution in [3.05, 3.63) is 0 Å². The van der Waals surface area contributed by atoms with Crippen LogP contribution in [0.25, 0.3) is 0 Å². The molecule has 0 fully saturated rings. The summed E-state index contributed by atoms with van der Waals surface area (Å²) in [4.78, 5) is 10.3. The Morgan fingerprint density at radius 3 is 2.25 bits per heavy atom. The van der Waals surface area contributed by atoms with Gasteiger partial charge in [-0.3, -0.25) is 4.79 Å². The number of hydrogen-bond acceptors (Lipinski definition) is 4. The molecule has 0 heterocycles. The number of amides is 1. The van der Waals surface area contributed by atoms with Crippen LogP contribution >= 0.6 is 0 Å². The molecule has 70 valence electrons. The molecule has 0 unspecified atom stereocenters. The van der Waals surface area contributed by atoms with Crippen molar-refractivity contribution in [1.29, 1.82) is 0 Å². The molecular formula is C6H12N2O3S. The second kappa shape index (κ2) is 4.20. The van der Waals surface area contributed by atoms with E-state index >= 15 is 0 Å². The molecule has 0 aromatic carbocycles. The molecule has 0 bridgehead atoms. The Balaban J connectivity index is 4.13. The number of nitrogens with one attached hydrogen (secondary N) is 1. The van der Waals surface area contributed by atoms with Crippen molar-refractivity contribution in [2.24, 2.45) is 5.10 Å². The van der Waals surface area contributed by atoms with E-state index in [2.05, 4.69) is 10.5 Å². The molecule has 0 aromatic rings. The molecule has 0 aliphatic rings. The minimum atomic E-state index is -3.05. The summed E-state index contributed by atoms with van der Waals surface area (Å²) in [5.74, 6) is -0.448. The predicted octanol–water partition coefficient (Wildman–Crippen LogP) is -0.457. The zero-order valence-electron chi connectivity index (χ0n) is 7.29. The van der Waals surface area contributed by atoms with E-state index in [0.717, 1.165) is 6.26 Å². The summed E-state index contributed by atoms with van der Waals surface area (Å²) in [7, 11) is -3.05. The summed E-state index contributed by atoms with van der Waals surface area (Å²) < 4.78 is 21.4. The van der Waals surface area contributed by atoms with Crippen molar-refractivity contribution in [3.63, 3.8) is 0 Å². The molecule has 1 N–H and O–H groups in total. The van der Waals surface area contributed by atoms with Crippen molar-refractivity contribution in [3.8, 4) is 0 Å². The van der Waals surface area contributed by atoms with Crippen LogP contribution in [0.1, 0.15) is 13.8 Å². The van der Waals surface area contributed by atoms with Crippen molar-refractivity contribution >= 4 is 21.5 Å². The number of carbonyl (C=O) groups excluding carboxylic acids is 1. The third-order valence-corrected chi connectivity index (χ3v) is 1.82. The molecular weight excluding hydrogens is 180 g/mol. The fourth-order valence-electron chi connectivity index (χ4n) is 0.586. The number of rotatable bonds is 3. The van der Waals surface area contributed by atoms with E-state index in [0.29, 0.717) is 5.71 Å². The van der Waals surface area contributed by atoms with Crippen LogP contribution in [0.5, 0.6) is 0 Å². The molecule has 0 saturated heterocycles. The molecule has 1 amide bonds. The van der Waals surface area contributed by atoms with Gasteiger partial charge in [-0.1, -0.05) is 0 Å². The number of sulfone groups is 1. The molecule has 12 heavy (non-hydrogen) atoms. The maximum Gasteiger partial charge on any atom is 0.236 e. The summed E-state index contributed by atoms with van der Waals surface area (Å²) in [5, 5.41) is 3.55. The topological polar surface area (TPSA) is 75.6 Å². The van der Waals surface area contributed by atoms with Gasteiger partial charge in [-0.05, 0) is 6.92 Å². The van der Waals surface area contributed by atoms with Gasteiger partial charge in [0, 0.05) is 13.2 Å². The highest BCUT2D eigenvalue weighted by atomic mass is 32.2. The van der Waals surface area contributed by atoms with Crippen LogP contribution in [-0.2, 0) is 14.6 Å². The summed E-state index contributed by atoms with van der Waals surface area (Å²) in [6.45, 7) is 2.84. The fourth-order valence-corrected chi connectivity index (χ4v) is 1.41. The van der Waals surface area contributed by atoms with Gasteiger partial charge in [0.15, 0.2) is 9.84 Å². The van der Waals surface area contributed by atoms with E-state index < -0.39 is 9.84 Å². The molecule has 0 radical (unpaired) electrons. The Labute approximate surface area is 71.8 Å². The molecule has 0 saturated carbocycles. The molecule has 0 atom stereocenters. The Morgan fingerprint density at radius 2 is 1.92 bits per heavy atom. The van der Waals surface area contributed by atoms with Crippen molar-refractivity contribution in [2.45, 2.75) is 13.8 Å². The van der Waals surface area contributed by atoms with E-state index in [1.54, 1.807) is 0 Å². The van der Waals surface area contributed by atoms with Gasteiger partial charge in [0.25, 0.3) is 0 Å². The van der Waals surface area contributed by atoms with Gasteiger partial charge >= 0.3 is 0 Å². The first-order valence-corrected chi connectivity index (χ1v) is 5.35. The quantitative estimate of drug-likeness (QED) is 0.485. The molecule has 0 aliphatic carbocycles. The highest BCUT2D eigenvalue weighted by Crippen LogP contribution is 1.85. The van der Waals surface area contributed by atoms with Crippen LogP contribution in [-0.4, -0.2) is 32.0 Å². The number of carbonyl (C=O) groups is 1. The Hall–Kier alpha value is -0.910. The number of hydrazone groups is 1. The highest BCUT2D eigenvalue weighted by Gasteiger charge is 2.04. The van der Waals surface area contributed by atoms with Gasteiger partial charge in [-0.2, -0.15) is 5.10 Å². The molecule has 0 aromatic heterocycles. The average Bonchev–Trinajstić information content (AvgIpc) is 1.79. The Kier molecular flexibility index (Phi) is 3.88. The Bertz CT molecular complexity index is 292. The van der Waals surface area contributed by atoms with E-state index in [9.17, 15) is 13.2 Å². The average molecular weight is 192 g/mol. The van der Waals surface area contributed by atoms with Crippen LogP contribution in [0, 0.1) is 0 Å². The zero-order valence-corrected chi connectivity index (χ0v) is 8.10. The first-order chi connectivity index (χ1) is 5.31. The molecule has 5 nitrogen and oxygen atoms in total. The fraction of sp³-hybridized carbons (Fsp3) is 0.667. The van der Waals surface area contributed by atoms with Crippen LogP contribution in [0.15, 0.2) is 5.10 Å². The highest BCUT2D eigenvalue weighted by molar-refractivity contribution is 7.91. The van der Waals surface area contributed by atoms with Gasteiger partial charge in [0.2, 0.25) is 5.91 Å². The van der Waals surface area contributed by atoms with Crippen molar-refractivity contribution < 1.29 is 13.2 Å². The lowest BCUT2D eigenvalue weighted by Crippen LogP contribution is -2.19. The normalized spacial score (nSPS) is 12.8. The summed E-state index contributed by atoms with van der Waals surface area (Å²) in [5.41, 5.74) is 2.52.